The Hall–Kier alpha value is -1.24. The van der Waals surface area contributed by atoms with Crippen LogP contribution in [0.2, 0.25) is 0 Å². The number of benzene rings is 1. The number of anilines is 1. The fraction of sp³-hybridized carbons (Fsp3) is 0.471. The highest BCUT2D eigenvalue weighted by atomic mass is 127. The summed E-state index contributed by atoms with van der Waals surface area (Å²) in [5, 5.41) is 6.69. The molecule has 0 fully saturated rings. The summed E-state index contributed by atoms with van der Waals surface area (Å²) >= 11 is 0. The largest absolute Gasteiger partial charge is 0.364 e. The molecule has 0 atom stereocenters. The van der Waals surface area contributed by atoms with Gasteiger partial charge in [-0.05, 0) is 23.6 Å². The number of nitrogens with zero attached hydrogens (tertiary/aromatic N) is 2. The zero-order chi connectivity index (χ0) is 15.1. The van der Waals surface area contributed by atoms with E-state index in [2.05, 4.69) is 70.8 Å². The van der Waals surface area contributed by atoms with Crippen molar-refractivity contribution in [2.45, 2.75) is 20.4 Å². The van der Waals surface area contributed by atoms with Crippen LogP contribution in [-0.2, 0) is 6.54 Å². The molecule has 2 rings (SSSR count). The molecule has 2 N–H and O–H groups in total. The molecule has 0 saturated heterocycles. The molecule has 1 aromatic rings. The standard InChI is InChI=1S/C17H26N4.HI/c1-14(2)12-19-17(18-3)20-13-15-7-6-8-16(11-15)21-9-4-5-10-21;/h4-8,11,14H,9-10,12-13H2,1-3H3,(H2,18,19,20);1H. The third-order valence-electron chi connectivity index (χ3n) is 3.46. The Balaban J connectivity index is 0.00000242. The zero-order valence-corrected chi connectivity index (χ0v) is 16.0. The smallest absolute Gasteiger partial charge is 0.191 e. The summed E-state index contributed by atoms with van der Waals surface area (Å²) in [6, 6.07) is 8.68. The number of hydrogen-bond acceptors (Lipinski definition) is 2. The van der Waals surface area contributed by atoms with Crippen LogP contribution in [-0.4, -0.2) is 32.6 Å². The Morgan fingerprint density at radius 1 is 1.23 bits per heavy atom. The molecule has 0 saturated carbocycles. The SMILES string of the molecule is CN=C(NCc1cccc(N2CC=CC2)c1)NCC(C)C.I. The molecule has 0 unspecified atom stereocenters. The molecule has 0 aliphatic carbocycles. The van der Waals surface area contributed by atoms with Gasteiger partial charge in [-0.3, -0.25) is 4.99 Å². The summed E-state index contributed by atoms with van der Waals surface area (Å²) in [7, 11) is 1.81. The van der Waals surface area contributed by atoms with E-state index < -0.39 is 0 Å². The molecule has 1 aliphatic heterocycles. The molecule has 22 heavy (non-hydrogen) atoms. The van der Waals surface area contributed by atoms with Gasteiger partial charge in [-0.2, -0.15) is 0 Å². The maximum Gasteiger partial charge on any atom is 0.191 e. The Morgan fingerprint density at radius 3 is 2.59 bits per heavy atom. The lowest BCUT2D eigenvalue weighted by Gasteiger charge is -2.19. The van der Waals surface area contributed by atoms with Gasteiger partial charge in [0.05, 0.1) is 0 Å². The average Bonchev–Trinajstić information content (AvgIpc) is 3.02. The lowest BCUT2D eigenvalue weighted by Crippen LogP contribution is -2.38. The van der Waals surface area contributed by atoms with Crippen LogP contribution >= 0.6 is 24.0 Å². The van der Waals surface area contributed by atoms with Crippen molar-refractivity contribution in [3.8, 4) is 0 Å². The van der Waals surface area contributed by atoms with Crippen LogP contribution < -0.4 is 15.5 Å². The van der Waals surface area contributed by atoms with Crippen molar-refractivity contribution in [3.63, 3.8) is 0 Å². The zero-order valence-electron chi connectivity index (χ0n) is 13.7. The van der Waals surface area contributed by atoms with Gasteiger partial charge in [-0.1, -0.05) is 38.1 Å². The van der Waals surface area contributed by atoms with Gasteiger partial charge in [0.25, 0.3) is 0 Å². The number of halogens is 1. The van der Waals surface area contributed by atoms with Gasteiger partial charge >= 0.3 is 0 Å². The van der Waals surface area contributed by atoms with Crippen molar-refractivity contribution in [2.24, 2.45) is 10.9 Å². The highest BCUT2D eigenvalue weighted by Gasteiger charge is 2.08. The lowest BCUT2D eigenvalue weighted by molar-refractivity contribution is 0.614. The van der Waals surface area contributed by atoms with Gasteiger partial charge in [0.2, 0.25) is 0 Å². The molecular formula is C17H27IN4. The third kappa shape index (κ3) is 5.87. The van der Waals surface area contributed by atoms with E-state index in [4.69, 9.17) is 0 Å². The van der Waals surface area contributed by atoms with E-state index in [9.17, 15) is 0 Å². The minimum Gasteiger partial charge on any atom is -0.364 e. The minimum atomic E-state index is 0. The van der Waals surface area contributed by atoms with E-state index in [1.807, 2.05) is 7.05 Å². The monoisotopic (exact) mass is 414 g/mol. The maximum absolute atomic E-state index is 4.25. The summed E-state index contributed by atoms with van der Waals surface area (Å²) in [6.07, 6.45) is 4.42. The van der Waals surface area contributed by atoms with Crippen molar-refractivity contribution in [1.82, 2.24) is 10.6 Å². The molecule has 1 heterocycles. The van der Waals surface area contributed by atoms with Gasteiger partial charge < -0.3 is 15.5 Å². The maximum atomic E-state index is 4.25. The summed E-state index contributed by atoms with van der Waals surface area (Å²) in [4.78, 5) is 6.61. The Morgan fingerprint density at radius 2 is 1.95 bits per heavy atom. The van der Waals surface area contributed by atoms with E-state index in [0.29, 0.717) is 5.92 Å². The van der Waals surface area contributed by atoms with Crippen molar-refractivity contribution in [3.05, 3.63) is 42.0 Å². The Kier molecular flexibility index (Phi) is 8.30. The van der Waals surface area contributed by atoms with E-state index in [-0.39, 0.29) is 24.0 Å². The fourth-order valence-corrected chi connectivity index (χ4v) is 2.26. The molecule has 122 valence electrons. The van der Waals surface area contributed by atoms with Crippen molar-refractivity contribution < 1.29 is 0 Å². The van der Waals surface area contributed by atoms with E-state index >= 15 is 0 Å². The molecule has 1 aliphatic rings. The highest BCUT2D eigenvalue weighted by molar-refractivity contribution is 14.0. The van der Waals surface area contributed by atoms with Gasteiger partial charge in [-0.15, -0.1) is 24.0 Å². The first kappa shape index (κ1) is 18.8. The molecule has 0 radical (unpaired) electrons. The van der Waals surface area contributed by atoms with Crippen LogP contribution in [0.4, 0.5) is 5.69 Å². The summed E-state index contributed by atoms with van der Waals surface area (Å²) in [6.45, 7) is 8.11. The van der Waals surface area contributed by atoms with Crippen molar-refractivity contribution in [1.29, 1.82) is 0 Å². The third-order valence-corrected chi connectivity index (χ3v) is 3.46. The number of aliphatic imine (C=N–C) groups is 1. The minimum absolute atomic E-state index is 0. The predicted octanol–water partition coefficient (Wildman–Crippen LogP) is 3.00. The molecule has 0 spiro atoms. The molecular weight excluding hydrogens is 387 g/mol. The molecule has 0 amide bonds. The van der Waals surface area contributed by atoms with E-state index in [1.165, 1.54) is 11.3 Å². The molecule has 0 bridgehead atoms. The topological polar surface area (TPSA) is 39.7 Å². The first-order valence-corrected chi connectivity index (χ1v) is 7.62. The first-order chi connectivity index (χ1) is 10.2. The number of rotatable bonds is 5. The molecule has 4 nitrogen and oxygen atoms in total. The molecule has 0 aromatic heterocycles. The van der Waals surface area contributed by atoms with Crippen LogP contribution in [0.5, 0.6) is 0 Å². The summed E-state index contributed by atoms with van der Waals surface area (Å²) < 4.78 is 0. The second-order valence-electron chi connectivity index (χ2n) is 5.75. The highest BCUT2D eigenvalue weighted by Crippen LogP contribution is 2.18. The second kappa shape index (κ2) is 9.71. The summed E-state index contributed by atoms with van der Waals surface area (Å²) in [5.41, 5.74) is 2.55. The Bertz CT molecular complexity index is 503. The quantitative estimate of drug-likeness (QED) is 0.337. The van der Waals surface area contributed by atoms with Crippen LogP contribution in [0.1, 0.15) is 19.4 Å². The number of hydrogen-bond donors (Lipinski definition) is 2. The van der Waals surface area contributed by atoms with Crippen LogP contribution in [0.3, 0.4) is 0 Å². The normalized spacial score (nSPS) is 14.2. The van der Waals surface area contributed by atoms with Gasteiger partial charge in [0.1, 0.15) is 0 Å². The van der Waals surface area contributed by atoms with Gasteiger partial charge in [0, 0.05) is 38.9 Å². The first-order valence-electron chi connectivity index (χ1n) is 7.62. The fourth-order valence-electron chi connectivity index (χ4n) is 2.26. The molecule has 5 heteroatoms. The van der Waals surface area contributed by atoms with E-state index in [1.54, 1.807) is 0 Å². The molecule has 1 aromatic carbocycles. The van der Waals surface area contributed by atoms with Gasteiger partial charge in [-0.25, -0.2) is 0 Å². The second-order valence-corrected chi connectivity index (χ2v) is 5.75. The van der Waals surface area contributed by atoms with Crippen LogP contribution in [0.15, 0.2) is 41.4 Å². The Labute approximate surface area is 151 Å². The predicted molar refractivity (Wildman–Crippen MR) is 106 cm³/mol. The van der Waals surface area contributed by atoms with E-state index in [0.717, 1.165) is 32.1 Å². The van der Waals surface area contributed by atoms with Crippen LogP contribution in [0.25, 0.3) is 0 Å². The number of nitrogens with one attached hydrogen (secondary N) is 2. The lowest BCUT2D eigenvalue weighted by atomic mass is 10.2. The van der Waals surface area contributed by atoms with Crippen molar-refractivity contribution in [2.75, 3.05) is 31.6 Å². The van der Waals surface area contributed by atoms with Crippen LogP contribution in [0, 0.1) is 5.92 Å². The average molecular weight is 414 g/mol. The van der Waals surface area contributed by atoms with Crippen molar-refractivity contribution >= 4 is 35.6 Å². The number of guanidine groups is 1. The van der Waals surface area contributed by atoms with Gasteiger partial charge in [0.15, 0.2) is 5.96 Å². The summed E-state index contributed by atoms with van der Waals surface area (Å²) in [5.74, 6) is 1.46.